The molecule has 7 nitrogen and oxygen atoms in total. The second-order valence-electron chi connectivity index (χ2n) is 5.48. The van der Waals surface area contributed by atoms with Crippen LogP contribution in [0.1, 0.15) is 23.0 Å². The van der Waals surface area contributed by atoms with Gasteiger partial charge >= 0.3 is 0 Å². The minimum atomic E-state index is -0.570. The molecule has 1 aromatic heterocycles. The number of hydrogen-bond acceptors (Lipinski definition) is 4. The van der Waals surface area contributed by atoms with Gasteiger partial charge in [0.15, 0.2) is 0 Å². The molecule has 1 aromatic rings. The van der Waals surface area contributed by atoms with E-state index in [1.165, 1.54) is 6.92 Å². The lowest BCUT2D eigenvalue weighted by Crippen LogP contribution is -2.41. The van der Waals surface area contributed by atoms with E-state index in [1.807, 2.05) is 13.0 Å². The zero-order valence-corrected chi connectivity index (χ0v) is 12.8. The number of aromatic nitrogens is 1. The summed E-state index contributed by atoms with van der Waals surface area (Å²) in [6, 6.07) is 3.57. The lowest BCUT2D eigenvalue weighted by Gasteiger charge is -2.22. The van der Waals surface area contributed by atoms with Gasteiger partial charge in [0.25, 0.3) is 5.91 Å². The van der Waals surface area contributed by atoms with Gasteiger partial charge in [-0.05, 0) is 18.6 Å². The lowest BCUT2D eigenvalue weighted by atomic mass is 10.1. The Hall–Kier alpha value is -2.44. The number of pyridine rings is 1. The third kappa shape index (κ3) is 3.41. The molecule has 2 N–H and O–H groups in total. The van der Waals surface area contributed by atoms with Crippen LogP contribution < -0.4 is 5.73 Å². The maximum Gasteiger partial charge on any atom is 0.272 e. The first-order chi connectivity index (χ1) is 10.4. The van der Waals surface area contributed by atoms with E-state index in [1.54, 1.807) is 22.1 Å². The van der Waals surface area contributed by atoms with E-state index in [9.17, 15) is 14.4 Å². The van der Waals surface area contributed by atoms with Gasteiger partial charge in [-0.2, -0.15) is 0 Å². The molecule has 1 aliphatic rings. The molecule has 0 spiro atoms. The average Bonchev–Trinajstić information content (AvgIpc) is 2.70. The summed E-state index contributed by atoms with van der Waals surface area (Å²) in [5.41, 5.74) is 6.54. The van der Waals surface area contributed by atoms with Crippen LogP contribution in [0.25, 0.3) is 0 Å². The highest BCUT2D eigenvalue weighted by Gasteiger charge is 2.31. The number of carbonyl (C=O) groups excluding carboxylic acids is 3. The molecule has 0 saturated carbocycles. The van der Waals surface area contributed by atoms with Gasteiger partial charge in [0, 0.05) is 39.3 Å². The molecule has 1 fully saturated rings. The highest BCUT2D eigenvalue weighted by molar-refractivity contribution is 5.94. The Kier molecular flexibility index (Phi) is 4.75. The van der Waals surface area contributed by atoms with Gasteiger partial charge in [0.2, 0.25) is 11.8 Å². The zero-order chi connectivity index (χ0) is 16.3. The number of carbonyl (C=O) groups is 3. The lowest BCUT2D eigenvalue weighted by molar-refractivity contribution is -0.130. The summed E-state index contributed by atoms with van der Waals surface area (Å²) in [4.78, 5) is 43.0. The summed E-state index contributed by atoms with van der Waals surface area (Å²) in [5.74, 6) is -1.45. The normalized spacial score (nSPS) is 18.7. The fourth-order valence-corrected chi connectivity index (χ4v) is 2.52. The molecule has 1 saturated heterocycles. The number of nitrogens with two attached hydrogens (primary N) is 1. The Balaban J connectivity index is 2.23. The van der Waals surface area contributed by atoms with E-state index < -0.39 is 11.8 Å². The molecule has 7 heteroatoms. The Morgan fingerprint density at radius 2 is 1.86 bits per heavy atom. The van der Waals surface area contributed by atoms with Gasteiger partial charge in [-0.25, -0.2) is 0 Å². The molecule has 3 amide bonds. The Labute approximate surface area is 129 Å². The Morgan fingerprint density at radius 3 is 2.45 bits per heavy atom. The van der Waals surface area contributed by atoms with Gasteiger partial charge in [0.1, 0.15) is 5.69 Å². The second kappa shape index (κ2) is 6.55. The third-order valence-electron chi connectivity index (χ3n) is 3.87. The summed E-state index contributed by atoms with van der Waals surface area (Å²) < 4.78 is 0. The Bertz CT molecular complexity index is 602. The first kappa shape index (κ1) is 15.9. The minimum Gasteiger partial charge on any atom is -0.369 e. The van der Waals surface area contributed by atoms with Crippen molar-refractivity contribution < 1.29 is 14.4 Å². The van der Waals surface area contributed by atoms with E-state index in [0.717, 1.165) is 5.56 Å². The molecular weight excluding hydrogens is 284 g/mol. The van der Waals surface area contributed by atoms with Crippen LogP contribution >= 0.6 is 0 Å². The number of amides is 3. The van der Waals surface area contributed by atoms with Crippen LogP contribution in [0.4, 0.5) is 0 Å². The van der Waals surface area contributed by atoms with Crippen LogP contribution in [-0.4, -0.2) is 58.7 Å². The van der Waals surface area contributed by atoms with Crippen LogP contribution in [0.15, 0.2) is 18.3 Å². The van der Waals surface area contributed by atoms with E-state index in [0.29, 0.717) is 18.8 Å². The first-order valence-corrected chi connectivity index (χ1v) is 7.16. The molecular formula is C15H20N4O3. The smallest absolute Gasteiger partial charge is 0.272 e. The topological polar surface area (TPSA) is 96.6 Å². The predicted octanol–water partition coefficient (Wildman–Crippen LogP) is -0.204. The maximum absolute atomic E-state index is 12.6. The molecule has 0 radical (unpaired) electrons. The van der Waals surface area contributed by atoms with Crippen LogP contribution in [0, 0.1) is 12.8 Å². The number of hydrogen-bond donors (Lipinski definition) is 1. The third-order valence-corrected chi connectivity index (χ3v) is 3.87. The van der Waals surface area contributed by atoms with Crippen molar-refractivity contribution in [2.75, 3.05) is 26.2 Å². The highest BCUT2D eigenvalue weighted by atomic mass is 16.2. The molecule has 0 aromatic carbocycles. The number of primary amides is 1. The molecule has 1 aliphatic heterocycles. The van der Waals surface area contributed by atoms with Crippen molar-refractivity contribution in [1.29, 1.82) is 0 Å². The molecule has 22 heavy (non-hydrogen) atoms. The van der Waals surface area contributed by atoms with Gasteiger partial charge in [-0.15, -0.1) is 0 Å². The van der Waals surface area contributed by atoms with Gasteiger partial charge in [-0.1, -0.05) is 6.07 Å². The van der Waals surface area contributed by atoms with Crippen molar-refractivity contribution in [3.8, 4) is 0 Å². The molecule has 1 atom stereocenters. The maximum atomic E-state index is 12.6. The fraction of sp³-hybridized carbons (Fsp3) is 0.467. The van der Waals surface area contributed by atoms with E-state index in [4.69, 9.17) is 5.73 Å². The standard InChI is InChI=1S/C15H20N4O3/c1-10-4-3-5-17-13(10)15(22)19-7-6-18(11(2)20)8-12(9-19)14(16)21/h3-5,12H,6-9H2,1-2H3,(H2,16,21). The summed E-state index contributed by atoms with van der Waals surface area (Å²) >= 11 is 0. The van der Waals surface area contributed by atoms with Crippen LogP contribution in [-0.2, 0) is 9.59 Å². The zero-order valence-electron chi connectivity index (χ0n) is 12.8. The number of nitrogens with zero attached hydrogens (tertiary/aromatic N) is 3. The van der Waals surface area contributed by atoms with Crippen molar-refractivity contribution in [1.82, 2.24) is 14.8 Å². The largest absolute Gasteiger partial charge is 0.369 e. The van der Waals surface area contributed by atoms with Gasteiger partial charge < -0.3 is 15.5 Å². The molecule has 118 valence electrons. The summed E-state index contributed by atoms with van der Waals surface area (Å²) in [7, 11) is 0. The van der Waals surface area contributed by atoms with Crippen LogP contribution in [0.5, 0.6) is 0 Å². The highest BCUT2D eigenvalue weighted by Crippen LogP contribution is 2.14. The molecule has 1 unspecified atom stereocenters. The quantitative estimate of drug-likeness (QED) is 0.818. The van der Waals surface area contributed by atoms with Gasteiger partial charge in [-0.3, -0.25) is 19.4 Å². The number of aryl methyl sites for hydroxylation is 1. The van der Waals surface area contributed by atoms with Crippen molar-refractivity contribution >= 4 is 17.7 Å². The molecule has 2 rings (SSSR count). The van der Waals surface area contributed by atoms with Gasteiger partial charge in [0.05, 0.1) is 5.92 Å². The van der Waals surface area contributed by atoms with E-state index in [-0.39, 0.29) is 24.9 Å². The monoisotopic (exact) mass is 304 g/mol. The van der Waals surface area contributed by atoms with Crippen molar-refractivity contribution in [2.24, 2.45) is 11.7 Å². The minimum absolute atomic E-state index is 0.130. The number of rotatable bonds is 2. The fourth-order valence-electron chi connectivity index (χ4n) is 2.52. The van der Waals surface area contributed by atoms with Crippen molar-refractivity contribution in [2.45, 2.75) is 13.8 Å². The summed E-state index contributed by atoms with van der Waals surface area (Å²) in [6.45, 7) is 4.45. The summed E-state index contributed by atoms with van der Waals surface area (Å²) in [6.07, 6.45) is 1.56. The average molecular weight is 304 g/mol. The second-order valence-corrected chi connectivity index (χ2v) is 5.48. The van der Waals surface area contributed by atoms with Crippen LogP contribution in [0.2, 0.25) is 0 Å². The van der Waals surface area contributed by atoms with Crippen LogP contribution in [0.3, 0.4) is 0 Å². The van der Waals surface area contributed by atoms with Crippen molar-refractivity contribution in [3.63, 3.8) is 0 Å². The first-order valence-electron chi connectivity index (χ1n) is 7.16. The molecule has 2 heterocycles. The van der Waals surface area contributed by atoms with E-state index in [2.05, 4.69) is 4.98 Å². The predicted molar refractivity (Wildman–Crippen MR) is 79.8 cm³/mol. The summed E-state index contributed by atoms with van der Waals surface area (Å²) in [5, 5.41) is 0. The molecule has 0 aliphatic carbocycles. The Morgan fingerprint density at radius 1 is 1.23 bits per heavy atom. The SMILES string of the molecule is CC(=O)N1CCN(C(=O)c2ncccc2C)CC(C(N)=O)C1. The molecule has 0 bridgehead atoms. The van der Waals surface area contributed by atoms with E-state index >= 15 is 0 Å². The van der Waals surface area contributed by atoms with Crippen molar-refractivity contribution in [3.05, 3.63) is 29.6 Å².